The molecule has 2 nitrogen and oxygen atoms in total. The van der Waals surface area contributed by atoms with Crippen LogP contribution in [0.1, 0.15) is 0 Å². The minimum absolute atomic E-state index is 0.330. The lowest BCUT2D eigenvalue weighted by atomic mass is 10.5. The first kappa shape index (κ1) is 21.9. The first-order valence-electron chi connectivity index (χ1n) is 6.49. The van der Waals surface area contributed by atoms with Crippen LogP contribution in [0, 0.1) is 0 Å². The van der Waals surface area contributed by atoms with Crippen LogP contribution in [0.15, 0.2) is 0 Å². The second-order valence-corrected chi connectivity index (χ2v) is 9.36. The van der Waals surface area contributed by atoms with Crippen molar-refractivity contribution in [1.82, 2.24) is 0 Å². The smallest absolute Gasteiger partial charge is 0.0765 e. The number of thioether (sulfide) groups is 4. The van der Waals surface area contributed by atoms with Crippen LogP contribution in [0.3, 0.4) is 0 Å². The van der Waals surface area contributed by atoms with Crippen LogP contribution in [0.5, 0.6) is 0 Å². The maximum Gasteiger partial charge on any atom is 0.0765 e. The third-order valence-electron chi connectivity index (χ3n) is 2.09. The normalized spacial score (nSPS) is 14.4. The molecule has 0 aromatic carbocycles. The van der Waals surface area contributed by atoms with Gasteiger partial charge in [0.1, 0.15) is 0 Å². The van der Waals surface area contributed by atoms with Crippen LogP contribution in [-0.4, -0.2) is 80.2 Å². The fraction of sp³-hybridized carbons (Fsp3) is 1.00. The van der Waals surface area contributed by atoms with Gasteiger partial charge in [-0.2, -0.15) is 47.0 Å². The molecule has 8 heteroatoms. The molecule has 0 rings (SSSR count). The standard InChI is InChI=1S/C12H24Cl2O2S4/c13-7-11(15)9-19-5-3-17-1-2-18-4-6-20-10-12(16)8-14/h11-12,15-16H,1-10H2. The average Bonchev–Trinajstić information content (AvgIpc) is 2.47. The molecule has 2 unspecified atom stereocenters. The number of aliphatic hydroxyl groups is 2. The van der Waals surface area contributed by atoms with Crippen molar-refractivity contribution in [2.45, 2.75) is 12.2 Å². The van der Waals surface area contributed by atoms with Crippen molar-refractivity contribution in [1.29, 1.82) is 0 Å². The minimum Gasteiger partial charge on any atom is -0.391 e. The van der Waals surface area contributed by atoms with Gasteiger partial charge in [-0.15, -0.1) is 23.2 Å². The lowest BCUT2D eigenvalue weighted by Crippen LogP contribution is -2.12. The lowest BCUT2D eigenvalue weighted by Gasteiger charge is -2.06. The lowest BCUT2D eigenvalue weighted by molar-refractivity contribution is 0.223. The van der Waals surface area contributed by atoms with E-state index in [1.165, 1.54) is 11.5 Å². The summed E-state index contributed by atoms with van der Waals surface area (Å²) >= 11 is 18.5. The molecule has 20 heavy (non-hydrogen) atoms. The van der Waals surface area contributed by atoms with Crippen LogP contribution < -0.4 is 0 Å². The van der Waals surface area contributed by atoms with E-state index in [1.54, 1.807) is 23.5 Å². The number of aliphatic hydroxyl groups excluding tert-OH is 2. The predicted octanol–water partition coefficient (Wildman–Crippen LogP) is 3.12. The highest BCUT2D eigenvalue weighted by Gasteiger charge is 2.02. The molecule has 0 bridgehead atoms. The Bertz CT molecular complexity index is 184. The molecule has 2 atom stereocenters. The van der Waals surface area contributed by atoms with Crippen molar-refractivity contribution < 1.29 is 10.2 Å². The molecule has 0 aromatic rings. The van der Waals surface area contributed by atoms with Gasteiger partial charge in [0, 0.05) is 57.8 Å². The fourth-order valence-electron chi connectivity index (χ4n) is 1.09. The first-order chi connectivity index (χ1) is 9.70. The van der Waals surface area contributed by atoms with Gasteiger partial charge in [0.15, 0.2) is 0 Å². The van der Waals surface area contributed by atoms with E-state index < -0.39 is 0 Å². The van der Waals surface area contributed by atoms with Crippen LogP contribution in [0.25, 0.3) is 0 Å². The summed E-state index contributed by atoms with van der Waals surface area (Å²) in [5.74, 6) is 8.93. The van der Waals surface area contributed by atoms with Gasteiger partial charge in [0.2, 0.25) is 0 Å². The summed E-state index contributed by atoms with van der Waals surface area (Å²) in [5, 5.41) is 18.5. The minimum atomic E-state index is -0.364. The van der Waals surface area contributed by atoms with E-state index in [0.717, 1.165) is 34.5 Å². The number of hydrogen-bond acceptors (Lipinski definition) is 6. The van der Waals surface area contributed by atoms with Crippen molar-refractivity contribution in [3.8, 4) is 0 Å². The van der Waals surface area contributed by atoms with E-state index in [4.69, 9.17) is 23.2 Å². The van der Waals surface area contributed by atoms with Crippen LogP contribution >= 0.6 is 70.2 Å². The van der Waals surface area contributed by atoms with E-state index >= 15 is 0 Å². The second-order valence-electron chi connectivity index (χ2n) is 3.99. The number of hydrogen-bond donors (Lipinski definition) is 2. The van der Waals surface area contributed by atoms with Crippen molar-refractivity contribution in [2.75, 3.05) is 57.8 Å². The SMILES string of the molecule is OC(CCl)CSCCSCCSCCSCC(O)CCl. The molecule has 0 saturated carbocycles. The summed E-state index contributed by atoms with van der Waals surface area (Å²) in [7, 11) is 0. The molecule has 0 aliphatic heterocycles. The molecular formula is C12H24Cl2O2S4. The van der Waals surface area contributed by atoms with Crippen LogP contribution in [-0.2, 0) is 0 Å². The molecule has 2 N–H and O–H groups in total. The molecule has 0 aliphatic carbocycles. The monoisotopic (exact) mass is 398 g/mol. The molecular weight excluding hydrogens is 375 g/mol. The van der Waals surface area contributed by atoms with Gasteiger partial charge in [-0.3, -0.25) is 0 Å². The summed E-state index contributed by atoms with van der Waals surface area (Å²) in [6.45, 7) is 0. The van der Waals surface area contributed by atoms with Crippen LogP contribution in [0.4, 0.5) is 0 Å². The Morgan fingerprint density at radius 2 is 0.900 bits per heavy atom. The molecule has 0 aliphatic rings. The van der Waals surface area contributed by atoms with Gasteiger partial charge in [-0.1, -0.05) is 0 Å². The Hall–Kier alpha value is 1.90. The number of alkyl halides is 2. The van der Waals surface area contributed by atoms with Gasteiger partial charge in [-0.05, 0) is 0 Å². The zero-order chi connectivity index (χ0) is 15.1. The molecule has 0 saturated heterocycles. The highest BCUT2D eigenvalue weighted by atomic mass is 35.5. The maximum atomic E-state index is 9.26. The molecule has 0 radical (unpaired) electrons. The second kappa shape index (κ2) is 17.3. The highest BCUT2D eigenvalue weighted by molar-refractivity contribution is 8.05. The van der Waals surface area contributed by atoms with Gasteiger partial charge >= 0.3 is 0 Å². The van der Waals surface area contributed by atoms with E-state index in [9.17, 15) is 10.2 Å². The third kappa shape index (κ3) is 16.3. The zero-order valence-electron chi connectivity index (χ0n) is 11.5. The predicted molar refractivity (Wildman–Crippen MR) is 103 cm³/mol. The molecule has 0 fully saturated rings. The van der Waals surface area contributed by atoms with Crippen LogP contribution in [0.2, 0.25) is 0 Å². The van der Waals surface area contributed by atoms with Gasteiger partial charge in [0.25, 0.3) is 0 Å². The van der Waals surface area contributed by atoms with Crippen molar-refractivity contribution in [3.05, 3.63) is 0 Å². The van der Waals surface area contributed by atoms with Crippen molar-refractivity contribution in [2.24, 2.45) is 0 Å². The Kier molecular flexibility index (Phi) is 18.9. The summed E-state index contributed by atoms with van der Waals surface area (Å²) in [6, 6.07) is 0. The first-order valence-corrected chi connectivity index (χ1v) is 12.2. The van der Waals surface area contributed by atoms with E-state index in [-0.39, 0.29) is 12.2 Å². The van der Waals surface area contributed by atoms with Gasteiger partial charge in [-0.25, -0.2) is 0 Å². The summed E-state index contributed by atoms with van der Waals surface area (Å²) in [6.07, 6.45) is -0.728. The van der Waals surface area contributed by atoms with Gasteiger partial charge < -0.3 is 10.2 Å². The topological polar surface area (TPSA) is 40.5 Å². The summed E-state index contributed by atoms with van der Waals surface area (Å²) in [4.78, 5) is 0. The number of halogens is 2. The van der Waals surface area contributed by atoms with Crippen molar-refractivity contribution >= 4 is 70.2 Å². The maximum absolute atomic E-state index is 9.26. The molecule has 0 aromatic heterocycles. The Morgan fingerprint density at radius 3 is 1.20 bits per heavy atom. The molecule has 0 heterocycles. The zero-order valence-corrected chi connectivity index (χ0v) is 16.3. The number of rotatable bonds is 15. The molecule has 122 valence electrons. The Morgan fingerprint density at radius 1 is 0.600 bits per heavy atom. The Labute approximate surface area is 149 Å². The quantitative estimate of drug-likeness (QED) is 0.326. The van der Waals surface area contributed by atoms with E-state index in [1.807, 2.05) is 23.5 Å². The molecule has 0 amide bonds. The fourth-order valence-corrected chi connectivity index (χ4v) is 5.91. The highest BCUT2D eigenvalue weighted by Crippen LogP contribution is 2.13. The summed E-state index contributed by atoms with van der Waals surface area (Å²) in [5.41, 5.74) is 0. The van der Waals surface area contributed by atoms with Gasteiger partial charge in [0.05, 0.1) is 12.2 Å². The van der Waals surface area contributed by atoms with E-state index in [2.05, 4.69) is 0 Å². The third-order valence-corrected chi connectivity index (χ3v) is 7.78. The summed E-state index contributed by atoms with van der Waals surface area (Å²) < 4.78 is 0. The van der Waals surface area contributed by atoms with Crippen molar-refractivity contribution in [3.63, 3.8) is 0 Å². The van der Waals surface area contributed by atoms with E-state index in [0.29, 0.717) is 11.8 Å². The largest absolute Gasteiger partial charge is 0.391 e. The average molecular weight is 399 g/mol. The molecule has 0 spiro atoms. The Balaban J connectivity index is 3.03.